The van der Waals surface area contributed by atoms with E-state index in [2.05, 4.69) is 28.9 Å². The molecule has 1 aliphatic carbocycles. The van der Waals surface area contributed by atoms with Crippen LogP contribution in [0.1, 0.15) is 37.3 Å². The summed E-state index contributed by atoms with van der Waals surface area (Å²) in [4.78, 5) is 27.6. The van der Waals surface area contributed by atoms with E-state index in [0.29, 0.717) is 16.5 Å². The number of carbonyl (C=O) groups is 2. The number of ether oxygens (including phenoxy) is 2. The number of likely N-dealkylation sites (tertiary alicyclic amines) is 1. The number of hydrogen-bond donors (Lipinski definition) is 1. The zero-order valence-electron chi connectivity index (χ0n) is 21.3. The molecule has 4 rings (SSSR count). The van der Waals surface area contributed by atoms with Crippen LogP contribution in [-0.4, -0.2) is 55.7 Å². The first-order chi connectivity index (χ1) is 17.7. The summed E-state index contributed by atoms with van der Waals surface area (Å²) in [6.07, 6.45) is 3.95. The van der Waals surface area contributed by atoms with Crippen molar-refractivity contribution in [2.45, 2.75) is 50.2 Å². The quantitative estimate of drug-likeness (QED) is 0.365. The van der Waals surface area contributed by atoms with Crippen LogP contribution >= 0.6 is 23.2 Å². The number of amides is 1. The number of halogens is 2. The zero-order valence-corrected chi connectivity index (χ0v) is 22.9. The molecular weight excluding hydrogens is 511 g/mol. The predicted molar refractivity (Wildman–Crippen MR) is 146 cm³/mol. The number of carbonyl (C=O) groups excluding carboxylic acids is 2. The van der Waals surface area contributed by atoms with Gasteiger partial charge in [0.2, 0.25) is 5.91 Å². The number of benzene rings is 2. The van der Waals surface area contributed by atoms with Crippen molar-refractivity contribution in [1.29, 1.82) is 0 Å². The monoisotopic (exact) mass is 544 g/mol. The molecule has 0 radical (unpaired) electrons. The van der Waals surface area contributed by atoms with E-state index in [-0.39, 0.29) is 41.8 Å². The van der Waals surface area contributed by atoms with Gasteiger partial charge in [0.05, 0.1) is 23.6 Å². The Hall–Kier alpha value is -2.54. The van der Waals surface area contributed by atoms with Crippen molar-refractivity contribution >= 4 is 35.1 Å². The van der Waals surface area contributed by atoms with Crippen LogP contribution in [0.15, 0.2) is 55.1 Å². The van der Waals surface area contributed by atoms with Crippen molar-refractivity contribution < 1.29 is 19.1 Å². The molecule has 1 saturated carbocycles. The van der Waals surface area contributed by atoms with E-state index in [0.717, 1.165) is 49.4 Å². The Bertz CT molecular complexity index is 1160. The first-order valence-electron chi connectivity index (χ1n) is 12.6. The highest BCUT2D eigenvalue weighted by Crippen LogP contribution is 2.50. The molecule has 8 heteroatoms. The molecule has 1 heterocycles. The summed E-state index contributed by atoms with van der Waals surface area (Å²) >= 11 is 12.2. The van der Waals surface area contributed by atoms with Gasteiger partial charge in [0, 0.05) is 43.8 Å². The average Bonchev–Trinajstić information content (AvgIpc) is 2.86. The summed E-state index contributed by atoms with van der Waals surface area (Å²) in [5, 5.41) is 4.11. The molecule has 198 valence electrons. The normalized spacial score (nSPS) is 25.6. The van der Waals surface area contributed by atoms with Gasteiger partial charge in [0.15, 0.2) is 0 Å². The lowest BCUT2D eigenvalue weighted by Gasteiger charge is -2.55. The van der Waals surface area contributed by atoms with E-state index in [4.69, 9.17) is 32.7 Å². The van der Waals surface area contributed by atoms with Gasteiger partial charge in [0.1, 0.15) is 11.9 Å². The van der Waals surface area contributed by atoms with E-state index >= 15 is 0 Å². The predicted octanol–water partition coefficient (Wildman–Crippen LogP) is 5.20. The number of fused-ring (bicyclic) bond motifs is 1. The van der Waals surface area contributed by atoms with Gasteiger partial charge >= 0.3 is 5.97 Å². The molecule has 1 unspecified atom stereocenters. The molecule has 1 aliphatic heterocycles. The second kappa shape index (κ2) is 11.9. The lowest BCUT2D eigenvalue weighted by atomic mass is 9.57. The van der Waals surface area contributed by atoms with Gasteiger partial charge < -0.3 is 14.8 Å². The van der Waals surface area contributed by atoms with Gasteiger partial charge in [0.25, 0.3) is 0 Å². The third-order valence-corrected chi connectivity index (χ3v) is 8.42. The van der Waals surface area contributed by atoms with Gasteiger partial charge in [-0.15, -0.1) is 6.58 Å². The topological polar surface area (TPSA) is 67.9 Å². The number of esters is 1. The molecule has 37 heavy (non-hydrogen) atoms. The standard InChI is InChI=1S/C29H34Cl2N2O4/c1-4-11-33-12-10-29(21-6-5-7-23(15-21)36-3)17-22(16-27(24(29)18-33)37-19(2)34)32-28(35)14-20-8-9-25(30)26(31)13-20/h4-9,13,15,22,24,27H,1,10-12,14,16-18H2,2-3H3,(H,32,35)/t22-,24+,27?,29+/m1/s1. The van der Waals surface area contributed by atoms with E-state index in [1.54, 1.807) is 25.3 Å². The molecule has 0 aromatic heterocycles. The zero-order chi connectivity index (χ0) is 26.6. The Labute approximate surface area is 228 Å². The van der Waals surface area contributed by atoms with Crippen LogP contribution in [0.25, 0.3) is 0 Å². The minimum atomic E-state index is -0.333. The second-order valence-electron chi connectivity index (χ2n) is 10.1. The van der Waals surface area contributed by atoms with Gasteiger partial charge in [-0.2, -0.15) is 0 Å². The lowest BCUT2D eigenvalue weighted by Crippen LogP contribution is -2.61. The maximum atomic E-state index is 13.1. The Morgan fingerprint density at radius 1 is 1.22 bits per heavy atom. The van der Waals surface area contributed by atoms with Crippen molar-refractivity contribution in [3.05, 3.63) is 76.3 Å². The molecule has 6 nitrogen and oxygen atoms in total. The van der Waals surface area contributed by atoms with E-state index < -0.39 is 0 Å². The molecule has 1 amide bonds. The molecule has 4 atom stereocenters. The third-order valence-electron chi connectivity index (χ3n) is 7.68. The van der Waals surface area contributed by atoms with Crippen LogP contribution in [0.5, 0.6) is 5.75 Å². The first-order valence-corrected chi connectivity index (χ1v) is 13.4. The fourth-order valence-electron chi connectivity index (χ4n) is 6.11. The Morgan fingerprint density at radius 3 is 2.73 bits per heavy atom. The maximum absolute atomic E-state index is 13.1. The minimum absolute atomic E-state index is 0.0698. The highest BCUT2D eigenvalue weighted by Gasteiger charge is 2.53. The van der Waals surface area contributed by atoms with Gasteiger partial charge in [-0.25, -0.2) is 0 Å². The first kappa shape index (κ1) is 27.5. The van der Waals surface area contributed by atoms with Crippen molar-refractivity contribution in [1.82, 2.24) is 10.2 Å². The smallest absolute Gasteiger partial charge is 0.302 e. The highest BCUT2D eigenvalue weighted by molar-refractivity contribution is 6.42. The van der Waals surface area contributed by atoms with E-state index in [1.165, 1.54) is 6.92 Å². The molecular formula is C29H34Cl2N2O4. The van der Waals surface area contributed by atoms with Crippen LogP contribution in [0.4, 0.5) is 0 Å². The molecule has 2 aliphatic rings. The van der Waals surface area contributed by atoms with E-state index in [1.807, 2.05) is 18.2 Å². The number of rotatable bonds is 8. The van der Waals surface area contributed by atoms with Gasteiger partial charge in [-0.1, -0.05) is 47.5 Å². The summed E-state index contributed by atoms with van der Waals surface area (Å²) in [5.41, 5.74) is 1.65. The summed E-state index contributed by atoms with van der Waals surface area (Å²) in [5.74, 6) is 0.441. The largest absolute Gasteiger partial charge is 0.497 e. The third kappa shape index (κ3) is 6.31. The summed E-state index contributed by atoms with van der Waals surface area (Å²) in [6.45, 7) is 7.80. The Kier molecular flexibility index (Phi) is 8.83. The molecule has 0 spiro atoms. The van der Waals surface area contributed by atoms with Crippen LogP contribution < -0.4 is 10.1 Å². The van der Waals surface area contributed by atoms with E-state index in [9.17, 15) is 9.59 Å². The van der Waals surface area contributed by atoms with Crippen molar-refractivity contribution in [3.8, 4) is 5.75 Å². The van der Waals surface area contributed by atoms with Crippen molar-refractivity contribution in [2.75, 3.05) is 26.7 Å². The molecule has 2 fully saturated rings. The number of methoxy groups -OCH3 is 1. The van der Waals surface area contributed by atoms with Crippen LogP contribution in [0.2, 0.25) is 10.0 Å². The Balaban J connectivity index is 1.64. The molecule has 2 aromatic rings. The molecule has 0 bridgehead atoms. The van der Waals surface area contributed by atoms with Crippen LogP contribution in [0.3, 0.4) is 0 Å². The van der Waals surface area contributed by atoms with Gasteiger partial charge in [-0.3, -0.25) is 14.5 Å². The minimum Gasteiger partial charge on any atom is -0.497 e. The second-order valence-corrected chi connectivity index (χ2v) is 10.9. The van der Waals surface area contributed by atoms with Crippen molar-refractivity contribution in [2.24, 2.45) is 5.92 Å². The van der Waals surface area contributed by atoms with Gasteiger partial charge in [-0.05, 0) is 54.8 Å². The number of hydrogen-bond acceptors (Lipinski definition) is 5. The summed E-state index contributed by atoms with van der Waals surface area (Å²) in [6, 6.07) is 13.2. The number of nitrogens with zero attached hydrogens (tertiary/aromatic N) is 1. The SMILES string of the molecule is C=CCN1CC[C@@]2(c3cccc(OC)c3)C[C@H](NC(=O)Cc3ccc(Cl)c(Cl)c3)CC(OC(C)=O)[C@@H]2C1. The van der Waals surface area contributed by atoms with Crippen LogP contribution in [0, 0.1) is 5.92 Å². The number of nitrogens with one attached hydrogen (secondary N) is 1. The maximum Gasteiger partial charge on any atom is 0.302 e. The summed E-state index contributed by atoms with van der Waals surface area (Å²) < 4.78 is 11.5. The fraction of sp³-hybridized carbons (Fsp3) is 0.448. The molecule has 1 N–H and O–H groups in total. The summed E-state index contributed by atoms with van der Waals surface area (Å²) in [7, 11) is 1.66. The fourth-order valence-corrected chi connectivity index (χ4v) is 6.43. The Morgan fingerprint density at radius 2 is 2.03 bits per heavy atom. The van der Waals surface area contributed by atoms with Crippen LogP contribution in [-0.2, 0) is 26.2 Å². The lowest BCUT2D eigenvalue weighted by molar-refractivity contribution is -0.157. The number of piperidine rings is 1. The van der Waals surface area contributed by atoms with Crippen molar-refractivity contribution in [3.63, 3.8) is 0 Å². The molecule has 1 saturated heterocycles. The molecule has 2 aromatic carbocycles. The highest BCUT2D eigenvalue weighted by atomic mass is 35.5. The average molecular weight is 546 g/mol.